The number of benzene rings is 1. The van der Waals surface area contributed by atoms with E-state index < -0.39 is 0 Å². The van der Waals surface area contributed by atoms with Crippen LogP contribution in [-0.4, -0.2) is 43.7 Å². The Morgan fingerprint density at radius 3 is 3.16 bits per heavy atom. The largest absolute Gasteiger partial charge is 0.398 e. The van der Waals surface area contributed by atoms with Gasteiger partial charge in [0.25, 0.3) is 0 Å². The normalized spacial score (nSPS) is 20.2. The summed E-state index contributed by atoms with van der Waals surface area (Å²) in [7, 11) is 1.63. The molecule has 3 N–H and O–H groups in total. The molecule has 1 aliphatic rings. The molecule has 1 unspecified atom stereocenters. The maximum Gasteiger partial charge on any atom is 0.239 e. The molecule has 5 nitrogen and oxygen atoms in total. The molecule has 104 valence electrons. The molecule has 1 fully saturated rings. The Labute approximate surface area is 117 Å². The number of ether oxygens (including phenoxy) is 1. The Balaban J connectivity index is 2.15. The molecule has 1 amide bonds. The van der Waals surface area contributed by atoms with Gasteiger partial charge in [0.1, 0.15) is 6.04 Å². The smallest absolute Gasteiger partial charge is 0.239 e. The van der Waals surface area contributed by atoms with Gasteiger partial charge in [-0.1, -0.05) is 11.6 Å². The van der Waals surface area contributed by atoms with Gasteiger partial charge in [0, 0.05) is 30.8 Å². The Morgan fingerprint density at radius 2 is 2.42 bits per heavy atom. The molecule has 1 saturated heterocycles. The lowest BCUT2D eigenvalue weighted by Crippen LogP contribution is -2.52. The lowest BCUT2D eigenvalue weighted by Gasteiger charge is -2.34. The molecule has 0 aliphatic carbocycles. The minimum absolute atomic E-state index is 0.0414. The summed E-state index contributed by atoms with van der Waals surface area (Å²) in [6, 6.07) is 5.10. The number of carbonyl (C=O) groups excluding carboxylic acids is 1. The fourth-order valence-corrected chi connectivity index (χ4v) is 2.36. The van der Waals surface area contributed by atoms with E-state index in [2.05, 4.69) is 10.2 Å². The number of hydrogen-bond donors (Lipinski definition) is 2. The molecule has 0 aromatic heterocycles. The second-order valence-corrected chi connectivity index (χ2v) is 4.96. The van der Waals surface area contributed by atoms with Gasteiger partial charge in [-0.2, -0.15) is 0 Å². The maximum atomic E-state index is 11.8. The molecule has 6 heteroatoms. The van der Waals surface area contributed by atoms with Crippen LogP contribution in [0.25, 0.3) is 0 Å². The van der Waals surface area contributed by atoms with Crippen molar-refractivity contribution in [1.29, 1.82) is 0 Å². The molecule has 1 heterocycles. The number of anilines is 1. The predicted octanol–water partition coefficient (Wildman–Crippen LogP) is 0.869. The molecule has 1 aliphatic heterocycles. The number of hydrogen-bond acceptors (Lipinski definition) is 4. The number of amides is 1. The monoisotopic (exact) mass is 283 g/mol. The molecule has 19 heavy (non-hydrogen) atoms. The van der Waals surface area contributed by atoms with Gasteiger partial charge in [-0.3, -0.25) is 9.69 Å². The van der Waals surface area contributed by atoms with E-state index in [9.17, 15) is 4.79 Å². The maximum absolute atomic E-state index is 11.8. The van der Waals surface area contributed by atoms with Crippen molar-refractivity contribution in [3.63, 3.8) is 0 Å². The third kappa shape index (κ3) is 3.37. The number of nitrogens with two attached hydrogens (primary N) is 1. The first kappa shape index (κ1) is 14.1. The van der Waals surface area contributed by atoms with Gasteiger partial charge in [0.15, 0.2) is 0 Å². The van der Waals surface area contributed by atoms with Crippen LogP contribution in [0.4, 0.5) is 5.69 Å². The van der Waals surface area contributed by atoms with E-state index in [-0.39, 0.29) is 11.9 Å². The summed E-state index contributed by atoms with van der Waals surface area (Å²) in [4.78, 5) is 13.9. The number of carbonyl (C=O) groups is 1. The average Bonchev–Trinajstić information content (AvgIpc) is 2.42. The average molecular weight is 284 g/mol. The molecule has 2 rings (SSSR count). The molecule has 1 atom stereocenters. The van der Waals surface area contributed by atoms with Crippen LogP contribution in [0, 0.1) is 0 Å². The molecule has 0 bridgehead atoms. The Bertz CT molecular complexity index is 467. The van der Waals surface area contributed by atoms with Crippen molar-refractivity contribution in [2.75, 3.05) is 32.5 Å². The van der Waals surface area contributed by atoms with Crippen molar-refractivity contribution in [2.24, 2.45) is 0 Å². The van der Waals surface area contributed by atoms with Gasteiger partial charge >= 0.3 is 0 Å². The Kier molecular flexibility index (Phi) is 4.63. The molecule has 0 spiro atoms. The number of rotatable bonds is 3. The van der Waals surface area contributed by atoms with Gasteiger partial charge in [0.2, 0.25) is 5.91 Å². The minimum Gasteiger partial charge on any atom is -0.398 e. The predicted molar refractivity (Wildman–Crippen MR) is 74.9 cm³/mol. The van der Waals surface area contributed by atoms with E-state index >= 15 is 0 Å². The molecule has 0 saturated carbocycles. The summed E-state index contributed by atoms with van der Waals surface area (Å²) in [6.07, 6.45) is 0. The summed E-state index contributed by atoms with van der Waals surface area (Å²) in [5, 5.41) is 3.31. The first-order chi connectivity index (χ1) is 9.11. The third-order valence-electron chi connectivity index (χ3n) is 3.27. The molecule has 1 aromatic rings. The summed E-state index contributed by atoms with van der Waals surface area (Å²) >= 11 is 5.98. The third-order valence-corrected chi connectivity index (χ3v) is 3.50. The van der Waals surface area contributed by atoms with Crippen LogP contribution in [0.5, 0.6) is 0 Å². The standard InChI is InChI=1S/C13H18ClN3O2/c1-16-13(18)12-8-19-5-4-17(12)7-9-6-10(14)2-3-11(9)15/h2-3,6,12H,4-5,7-8,15H2,1H3,(H,16,18). The van der Waals surface area contributed by atoms with Gasteiger partial charge < -0.3 is 15.8 Å². The second-order valence-electron chi connectivity index (χ2n) is 4.52. The van der Waals surface area contributed by atoms with Crippen LogP contribution in [0.2, 0.25) is 5.02 Å². The zero-order valence-electron chi connectivity index (χ0n) is 10.9. The SMILES string of the molecule is CNC(=O)C1COCCN1Cc1cc(Cl)ccc1N. The van der Waals surface area contributed by atoms with Crippen LogP contribution < -0.4 is 11.1 Å². The van der Waals surface area contributed by atoms with Crippen LogP contribution in [0.15, 0.2) is 18.2 Å². The summed E-state index contributed by atoms with van der Waals surface area (Å²) in [6.45, 7) is 2.31. The Hall–Kier alpha value is -1.30. The molecular formula is C13H18ClN3O2. The van der Waals surface area contributed by atoms with E-state index in [1.54, 1.807) is 19.2 Å². The number of likely N-dealkylation sites (N-methyl/N-ethyl adjacent to an activating group) is 1. The molecule has 0 radical (unpaired) electrons. The zero-order valence-corrected chi connectivity index (χ0v) is 11.6. The summed E-state index contributed by atoms with van der Waals surface area (Å²) < 4.78 is 5.37. The van der Waals surface area contributed by atoms with Crippen molar-refractivity contribution in [3.05, 3.63) is 28.8 Å². The number of nitrogens with one attached hydrogen (secondary N) is 1. The van der Waals surface area contributed by atoms with Gasteiger partial charge in [0.05, 0.1) is 13.2 Å². The quantitative estimate of drug-likeness (QED) is 0.808. The number of morpholine rings is 1. The lowest BCUT2D eigenvalue weighted by molar-refractivity contribution is -0.132. The molecular weight excluding hydrogens is 266 g/mol. The second kappa shape index (κ2) is 6.23. The topological polar surface area (TPSA) is 67.6 Å². The highest BCUT2D eigenvalue weighted by Gasteiger charge is 2.28. The van der Waals surface area contributed by atoms with E-state index in [0.717, 1.165) is 5.56 Å². The number of nitrogens with zero attached hydrogens (tertiary/aromatic N) is 1. The van der Waals surface area contributed by atoms with Gasteiger partial charge in [-0.05, 0) is 23.8 Å². The fourth-order valence-electron chi connectivity index (χ4n) is 2.17. The first-order valence-electron chi connectivity index (χ1n) is 6.19. The van der Waals surface area contributed by atoms with Crippen molar-refractivity contribution < 1.29 is 9.53 Å². The number of halogens is 1. The fraction of sp³-hybridized carbons (Fsp3) is 0.462. The van der Waals surface area contributed by atoms with Crippen molar-refractivity contribution in [1.82, 2.24) is 10.2 Å². The lowest BCUT2D eigenvalue weighted by atomic mass is 10.1. The van der Waals surface area contributed by atoms with Crippen LogP contribution in [-0.2, 0) is 16.1 Å². The first-order valence-corrected chi connectivity index (χ1v) is 6.57. The van der Waals surface area contributed by atoms with E-state index in [1.165, 1.54) is 0 Å². The van der Waals surface area contributed by atoms with Crippen LogP contribution in [0.3, 0.4) is 0 Å². The highest BCUT2D eigenvalue weighted by molar-refractivity contribution is 6.30. The Morgan fingerprint density at radius 1 is 1.63 bits per heavy atom. The van der Waals surface area contributed by atoms with E-state index in [4.69, 9.17) is 22.1 Å². The van der Waals surface area contributed by atoms with E-state index in [0.29, 0.717) is 37.0 Å². The highest BCUT2D eigenvalue weighted by atomic mass is 35.5. The number of nitrogen functional groups attached to an aromatic ring is 1. The zero-order chi connectivity index (χ0) is 13.8. The summed E-state index contributed by atoms with van der Waals surface area (Å²) in [5.74, 6) is -0.0414. The summed E-state index contributed by atoms with van der Waals surface area (Å²) in [5.41, 5.74) is 7.56. The minimum atomic E-state index is -0.280. The van der Waals surface area contributed by atoms with Crippen molar-refractivity contribution >= 4 is 23.2 Å². The highest BCUT2D eigenvalue weighted by Crippen LogP contribution is 2.21. The van der Waals surface area contributed by atoms with E-state index in [1.807, 2.05) is 6.07 Å². The van der Waals surface area contributed by atoms with Crippen molar-refractivity contribution in [2.45, 2.75) is 12.6 Å². The van der Waals surface area contributed by atoms with Gasteiger partial charge in [-0.25, -0.2) is 0 Å². The van der Waals surface area contributed by atoms with Gasteiger partial charge in [-0.15, -0.1) is 0 Å². The van der Waals surface area contributed by atoms with Crippen molar-refractivity contribution in [3.8, 4) is 0 Å². The van der Waals surface area contributed by atoms with Crippen LogP contribution >= 0.6 is 11.6 Å². The van der Waals surface area contributed by atoms with Crippen LogP contribution in [0.1, 0.15) is 5.56 Å². The molecule has 1 aromatic carbocycles.